The van der Waals surface area contributed by atoms with E-state index in [1.165, 1.54) is 80.2 Å². The summed E-state index contributed by atoms with van der Waals surface area (Å²) < 4.78 is 4.96. The summed E-state index contributed by atoms with van der Waals surface area (Å²) in [7, 11) is -1.36. The largest absolute Gasteiger partial charge is 0.333 e. The van der Waals surface area contributed by atoms with Crippen molar-refractivity contribution in [3.63, 3.8) is 0 Å². The van der Waals surface area contributed by atoms with Crippen molar-refractivity contribution in [1.82, 2.24) is 14.5 Å². The van der Waals surface area contributed by atoms with Crippen LogP contribution in [0.3, 0.4) is 0 Å². The number of fused-ring (bicyclic) bond motifs is 4. The predicted molar refractivity (Wildman–Crippen MR) is 269 cm³/mol. The molecule has 0 aliphatic heterocycles. The minimum Gasteiger partial charge on any atom is -0.333 e. The first-order valence-electron chi connectivity index (χ1n) is 22.6. The number of hydrogen-bond donors (Lipinski definition) is 0. The molecule has 0 unspecified atom stereocenters. The van der Waals surface area contributed by atoms with Gasteiger partial charge >= 0.3 is 0 Å². The Kier molecular flexibility index (Phi) is 13.5. The smallest absolute Gasteiger partial charge is 0.0799 e. The standard InChI is InChI=1S/C37H31N2S.C20H26NSi.Ir/c1-23(2)29-21-27(25-12-6-5-7-13-25)22-30(24(3)4)36(29)39-33-16-10-9-15-32(33)38-37(39)26-18-19-35-31(20-26)28-14-8-11-17-34(28)40-35;1-22(2,3)20-15-21-19(17-12-8-5-9-13-17)14-18(20)16-10-6-4-7-11-16;/h5-17,19-24H,1-4H3;5,8-9,12,14-16H,4,6-7,10-11H2,1-3H3;/q2*-1;. The minimum atomic E-state index is -1.36. The third kappa shape index (κ3) is 9.20. The van der Waals surface area contributed by atoms with Gasteiger partial charge in [-0.2, -0.15) is 11.3 Å². The van der Waals surface area contributed by atoms with Crippen LogP contribution in [0.5, 0.6) is 0 Å². The maximum Gasteiger partial charge on any atom is 0.0799 e. The molecule has 3 heterocycles. The Labute approximate surface area is 393 Å². The summed E-state index contributed by atoms with van der Waals surface area (Å²) in [6.45, 7) is 16.5. The van der Waals surface area contributed by atoms with Gasteiger partial charge in [-0.15, -0.1) is 59.7 Å². The van der Waals surface area contributed by atoms with Gasteiger partial charge in [-0.1, -0.05) is 144 Å². The van der Waals surface area contributed by atoms with Crippen molar-refractivity contribution >= 4 is 55.8 Å². The second kappa shape index (κ2) is 19.0. The average Bonchev–Trinajstić information content (AvgIpc) is 3.87. The summed E-state index contributed by atoms with van der Waals surface area (Å²) in [6.07, 6.45) is 9.03. The molecule has 1 aliphatic rings. The molecular weight excluding hydrogens is 979 g/mol. The molecule has 0 atom stereocenters. The molecule has 0 amide bonds. The summed E-state index contributed by atoms with van der Waals surface area (Å²) in [5, 5.41) is 4.11. The maximum atomic E-state index is 5.25. The summed E-state index contributed by atoms with van der Waals surface area (Å²) in [6, 6.07) is 54.6. The van der Waals surface area contributed by atoms with Gasteiger partial charge in [0.05, 0.1) is 24.9 Å². The Morgan fingerprint density at radius 1 is 0.667 bits per heavy atom. The van der Waals surface area contributed by atoms with E-state index in [-0.39, 0.29) is 20.1 Å². The van der Waals surface area contributed by atoms with Crippen LogP contribution in [0.25, 0.3) is 70.7 Å². The maximum absolute atomic E-state index is 5.25. The molecule has 0 N–H and O–H groups in total. The zero-order valence-corrected chi connectivity index (χ0v) is 41.8. The van der Waals surface area contributed by atoms with Crippen LogP contribution in [-0.2, 0) is 20.1 Å². The molecule has 0 saturated heterocycles. The van der Waals surface area contributed by atoms with Gasteiger partial charge in [0.15, 0.2) is 0 Å². The van der Waals surface area contributed by atoms with E-state index in [1.54, 1.807) is 10.8 Å². The first-order valence-corrected chi connectivity index (χ1v) is 26.9. The minimum absolute atomic E-state index is 0. The Morgan fingerprint density at radius 3 is 2.05 bits per heavy atom. The van der Waals surface area contributed by atoms with E-state index >= 15 is 0 Å². The Balaban J connectivity index is 0.000000201. The summed E-state index contributed by atoms with van der Waals surface area (Å²) in [4.78, 5) is 10.0. The van der Waals surface area contributed by atoms with E-state index in [0.717, 1.165) is 39.6 Å². The van der Waals surface area contributed by atoms with E-state index in [1.807, 2.05) is 23.5 Å². The van der Waals surface area contributed by atoms with Gasteiger partial charge in [0, 0.05) is 36.7 Å². The number of benzene rings is 6. The fraction of sp³-hybridized carbons (Fsp3) is 0.263. The predicted octanol–water partition coefficient (Wildman–Crippen LogP) is 15.9. The van der Waals surface area contributed by atoms with Crippen LogP contribution in [0.2, 0.25) is 19.6 Å². The van der Waals surface area contributed by atoms with Crippen molar-refractivity contribution in [2.24, 2.45) is 0 Å². The van der Waals surface area contributed by atoms with Gasteiger partial charge in [-0.25, -0.2) is 0 Å². The molecular formula is C57H57IrN3SSi-2. The molecule has 9 aromatic rings. The number of imidazole rings is 1. The van der Waals surface area contributed by atoms with Crippen LogP contribution in [-0.4, -0.2) is 22.6 Å². The number of nitrogens with zero attached hydrogens (tertiary/aromatic N) is 3. The number of thiophene rings is 1. The van der Waals surface area contributed by atoms with E-state index < -0.39 is 8.07 Å². The van der Waals surface area contributed by atoms with Crippen LogP contribution >= 0.6 is 11.3 Å². The second-order valence-corrected chi connectivity index (χ2v) is 24.8. The number of pyridine rings is 1. The molecule has 1 radical (unpaired) electrons. The zero-order valence-electron chi connectivity index (χ0n) is 37.6. The molecule has 0 spiro atoms. The van der Waals surface area contributed by atoms with Gasteiger partial charge < -0.3 is 9.55 Å². The van der Waals surface area contributed by atoms with Crippen LogP contribution in [0.15, 0.2) is 140 Å². The van der Waals surface area contributed by atoms with Crippen molar-refractivity contribution in [1.29, 1.82) is 0 Å². The molecule has 1 aliphatic carbocycles. The molecule has 3 nitrogen and oxygen atoms in total. The molecule has 321 valence electrons. The molecule has 63 heavy (non-hydrogen) atoms. The van der Waals surface area contributed by atoms with Crippen molar-refractivity contribution in [3.05, 3.63) is 168 Å². The van der Waals surface area contributed by atoms with Gasteiger partial charge in [0.1, 0.15) is 0 Å². The zero-order chi connectivity index (χ0) is 43.0. The average molecular weight is 1040 g/mol. The monoisotopic (exact) mass is 1040 g/mol. The van der Waals surface area contributed by atoms with Crippen LogP contribution < -0.4 is 5.19 Å². The van der Waals surface area contributed by atoms with Crippen LogP contribution in [0, 0.1) is 12.1 Å². The Bertz CT molecular complexity index is 2960. The van der Waals surface area contributed by atoms with Crippen molar-refractivity contribution in [2.75, 3.05) is 0 Å². The number of aromatic nitrogens is 3. The Morgan fingerprint density at radius 2 is 1.35 bits per heavy atom. The molecule has 6 aromatic carbocycles. The first kappa shape index (κ1) is 44.6. The van der Waals surface area contributed by atoms with E-state index in [0.29, 0.717) is 11.8 Å². The fourth-order valence-corrected chi connectivity index (χ4v) is 12.1. The van der Waals surface area contributed by atoms with Gasteiger partial charge in [-0.05, 0) is 104 Å². The molecule has 10 rings (SSSR count). The summed E-state index contributed by atoms with van der Waals surface area (Å²) in [5.74, 6) is 2.34. The molecule has 3 aromatic heterocycles. The third-order valence-corrected chi connectivity index (χ3v) is 15.8. The Hall–Kier alpha value is -4.97. The molecule has 1 saturated carbocycles. The van der Waals surface area contributed by atoms with Gasteiger partial charge in [0.2, 0.25) is 0 Å². The molecule has 1 fully saturated rings. The summed E-state index contributed by atoms with van der Waals surface area (Å²) >= 11 is 1.82. The van der Waals surface area contributed by atoms with Gasteiger partial charge in [0.25, 0.3) is 0 Å². The quantitative estimate of drug-likeness (QED) is 0.112. The second-order valence-electron chi connectivity index (χ2n) is 18.7. The SMILES string of the molecule is CC(C)c1cc(-c2ccccc2)cc(C(C)C)c1-n1c(-c2[c-]cc3sc4ccccc4c3c2)nc2ccccc21.C[Si](C)(C)c1cnc(-c2[c-]cccc2)cc1C1CCCCC1.[Ir]. The van der Waals surface area contributed by atoms with E-state index in [9.17, 15) is 0 Å². The number of rotatable bonds is 8. The van der Waals surface area contributed by atoms with E-state index in [4.69, 9.17) is 9.97 Å². The van der Waals surface area contributed by atoms with Crippen molar-refractivity contribution in [2.45, 2.75) is 97.2 Å². The normalized spacial score (nSPS) is 13.4. The molecule has 6 heteroatoms. The number of para-hydroxylation sites is 2. The first-order chi connectivity index (χ1) is 30.0. The van der Waals surface area contributed by atoms with Gasteiger partial charge in [-0.3, -0.25) is 4.98 Å². The third-order valence-electron chi connectivity index (χ3n) is 12.6. The van der Waals surface area contributed by atoms with Crippen LogP contribution in [0.1, 0.15) is 94.2 Å². The van der Waals surface area contributed by atoms with E-state index in [2.05, 4.69) is 192 Å². The van der Waals surface area contributed by atoms with Crippen LogP contribution in [0.4, 0.5) is 0 Å². The summed E-state index contributed by atoms with van der Waals surface area (Å²) in [5.41, 5.74) is 13.3. The molecule has 0 bridgehead atoms. The fourth-order valence-electron chi connectivity index (χ4n) is 9.40. The topological polar surface area (TPSA) is 30.7 Å². The van der Waals surface area contributed by atoms with Crippen molar-refractivity contribution in [3.8, 4) is 39.5 Å². The van der Waals surface area contributed by atoms with Crippen molar-refractivity contribution < 1.29 is 20.1 Å². The number of hydrogen-bond acceptors (Lipinski definition) is 3.